The summed E-state index contributed by atoms with van der Waals surface area (Å²) in [4.78, 5) is 26.4. The van der Waals surface area contributed by atoms with E-state index >= 15 is 0 Å². The summed E-state index contributed by atoms with van der Waals surface area (Å²) in [5.41, 5.74) is -0.363. The smallest absolute Gasteiger partial charge is 0.312 e. The van der Waals surface area contributed by atoms with Crippen LogP contribution < -0.4 is 4.90 Å². The SMILES string of the molecule is O=C1CCC2N1CC(=O)N2c1ccc(C(F)(F)F)cc1. The molecule has 2 aliphatic heterocycles. The monoisotopic (exact) mass is 284 g/mol. The van der Waals surface area contributed by atoms with Gasteiger partial charge in [-0.25, -0.2) is 0 Å². The Labute approximate surface area is 112 Å². The second-order valence-corrected chi connectivity index (χ2v) is 4.85. The first kappa shape index (κ1) is 13.0. The summed E-state index contributed by atoms with van der Waals surface area (Å²) in [7, 11) is 0. The number of carbonyl (C=O) groups is 2. The fraction of sp³-hybridized carbons (Fsp3) is 0.385. The Kier molecular flexibility index (Phi) is 2.74. The molecule has 1 aromatic carbocycles. The van der Waals surface area contributed by atoms with Crippen molar-refractivity contribution in [1.29, 1.82) is 0 Å². The van der Waals surface area contributed by atoms with Gasteiger partial charge in [0.25, 0.3) is 0 Å². The molecule has 2 saturated heterocycles. The van der Waals surface area contributed by atoms with Crippen molar-refractivity contribution >= 4 is 17.5 Å². The lowest BCUT2D eigenvalue weighted by Crippen LogP contribution is -2.36. The van der Waals surface area contributed by atoms with Crippen LogP contribution in [-0.4, -0.2) is 29.4 Å². The van der Waals surface area contributed by atoms with Gasteiger partial charge in [0.1, 0.15) is 12.7 Å². The molecular weight excluding hydrogens is 273 g/mol. The number of hydrogen-bond donors (Lipinski definition) is 0. The van der Waals surface area contributed by atoms with Gasteiger partial charge in [-0.05, 0) is 30.7 Å². The molecule has 2 aliphatic rings. The minimum atomic E-state index is -4.40. The molecule has 3 rings (SSSR count). The van der Waals surface area contributed by atoms with E-state index in [9.17, 15) is 22.8 Å². The third kappa shape index (κ3) is 1.93. The van der Waals surface area contributed by atoms with Crippen LogP contribution in [0.3, 0.4) is 0 Å². The van der Waals surface area contributed by atoms with Gasteiger partial charge >= 0.3 is 6.18 Å². The molecule has 0 aliphatic carbocycles. The highest BCUT2D eigenvalue weighted by Crippen LogP contribution is 2.34. The Morgan fingerprint density at radius 2 is 1.70 bits per heavy atom. The van der Waals surface area contributed by atoms with Gasteiger partial charge in [-0.3, -0.25) is 14.5 Å². The number of amides is 2. The van der Waals surface area contributed by atoms with E-state index in [2.05, 4.69) is 0 Å². The Bertz CT molecular complexity index is 568. The van der Waals surface area contributed by atoms with E-state index in [0.29, 0.717) is 18.5 Å². The lowest BCUT2D eigenvalue weighted by Gasteiger charge is -2.24. The lowest BCUT2D eigenvalue weighted by molar-refractivity contribution is -0.137. The standard InChI is InChI=1S/C13H11F3N2O2/c14-13(15,16)8-1-3-9(4-2-8)18-10-5-6-11(19)17(10)7-12(18)20/h1-4,10H,5-7H2. The summed E-state index contributed by atoms with van der Waals surface area (Å²) in [6.45, 7) is 0.00449. The van der Waals surface area contributed by atoms with Gasteiger partial charge in [0.15, 0.2) is 0 Å². The average molecular weight is 284 g/mol. The number of nitrogens with zero attached hydrogens (tertiary/aromatic N) is 2. The Balaban J connectivity index is 1.89. The highest BCUT2D eigenvalue weighted by molar-refractivity contribution is 6.02. The topological polar surface area (TPSA) is 40.6 Å². The van der Waals surface area contributed by atoms with Crippen LogP contribution >= 0.6 is 0 Å². The third-order valence-corrected chi connectivity index (χ3v) is 3.64. The van der Waals surface area contributed by atoms with Gasteiger partial charge in [0, 0.05) is 12.1 Å². The predicted molar refractivity (Wildman–Crippen MR) is 63.7 cm³/mol. The van der Waals surface area contributed by atoms with E-state index in [0.717, 1.165) is 12.1 Å². The zero-order valence-corrected chi connectivity index (χ0v) is 10.4. The summed E-state index contributed by atoms with van der Waals surface area (Å²) in [5.74, 6) is -0.347. The minimum Gasteiger partial charge on any atom is -0.312 e. The zero-order valence-electron chi connectivity index (χ0n) is 10.4. The maximum atomic E-state index is 12.5. The molecule has 1 unspecified atom stereocenters. The van der Waals surface area contributed by atoms with Gasteiger partial charge in [0.2, 0.25) is 11.8 Å². The first-order valence-electron chi connectivity index (χ1n) is 6.17. The number of hydrogen-bond acceptors (Lipinski definition) is 2. The van der Waals surface area contributed by atoms with Gasteiger partial charge < -0.3 is 4.90 Å². The zero-order chi connectivity index (χ0) is 14.5. The van der Waals surface area contributed by atoms with E-state index in [-0.39, 0.29) is 24.5 Å². The molecule has 20 heavy (non-hydrogen) atoms. The molecule has 2 fully saturated rings. The maximum Gasteiger partial charge on any atom is 0.416 e. The van der Waals surface area contributed by atoms with Gasteiger partial charge in [-0.1, -0.05) is 0 Å². The first-order valence-corrected chi connectivity index (χ1v) is 6.17. The van der Waals surface area contributed by atoms with Crippen molar-refractivity contribution in [2.45, 2.75) is 25.2 Å². The molecule has 7 heteroatoms. The van der Waals surface area contributed by atoms with E-state index < -0.39 is 11.7 Å². The fourth-order valence-electron chi connectivity index (χ4n) is 2.70. The number of halogens is 3. The number of anilines is 1. The van der Waals surface area contributed by atoms with Crippen molar-refractivity contribution in [1.82, 2.24) is 4.90 Å². The molecule has 0 N–H and O–H groups in total. The van der Waals surface area contributed by atoms with E-state index in [1.54, 1.807) is 0 Å². The Morgan fingerprint density at radius 1 is 1.05 bits per heavy atom. The van der Waals surface area contributed by atoms with Crippen LogP contribution in [0.2, 0.25) is 0 Å². The van der Waals surface area contributed by atoms with Gasteiger partial charge in [0.05, 0.1) is 5.56 Å². The van der Waals surface area contributed by atoms with Crippen molar-refractivity contribution in [3.05, 3.63) is 29.8 Å². The molecule has 0 bridgehead atoms. The number of alkyl halides is 3. The van der Waals surface area contributed by atoms with Crippen LogP contribution in [0.1, 0.15) is 18.4 Å². The second kappa shape index (κ2) is 4.22. The van der Waals surface area contributed by atoms with Crippen LogP contribution in [0.15, 0.2) is 24.3 Å². The van der Waals surface area contributed by atoms with Crippen molar-refractivity contribution in [2.24, 2.45) is 0 Å². The Hall–Kier alpha value is -2.05. The molecule has 4 nitrogen and oxygen atoms in total. The first-order chi connectivity index (χ1) is 9.38. The molecule has 2 heterocycles. The second-order valence-electron chi connectivity index (χ2n) is 4.85. The summed E-state index contributed by atoms with van der Waals surface area (Å²) >= 11 is 0. The van der Waals surface area contributed by atoms with Crippen LogP contribution in [-0.2, 0) is 15.8 Å². The molecule has 0 spiro atoms. The van der Waals surface area contributed by atoms with Crippen molar-refractivity contribution in [2.75, 3.05) is 11.4 Å². The number of carbonyl (C=O) groups excluding carboxylic acids is 2. The quantitative estimate of drug-likeness (QED) is 0.791. The van der Waals surface area contributed by atoms with Crippen LogP contribution in [0, 0.1) is 0 Å². The number of fused-ring (bicyclic) bond motifs is 1. The number of rotatable bonds is 1. The fourth-order valence-corrected chi connectivity index (χ4v) is 2.70. The Morgan fingerprint density at radius 3 is 2.30 bits per heavy atom. The largest absolute Gasteiger partial charge is 0.416 e. The lowest BCUT2D eigenvalue weighted by atomic mass is 10.1. The maximum absolute atomic E-state index is 12.5. The van der Waals surface area contributed by atoms with Crippen molar-refractivity contribution < 1.29 is 22.8 Å². The predicted octanol–water partition coefficient (Wildman–Crippen LogP) is 2.00. The van der Waals surface area contributed by atoms with Crippen LogP contribution in [0.5, 0.6) is 0 Å². The third-order valence-electron chi connectivity index (χ3n) is 3.64. The van der Waals surface area contributed by atoms with Crippen LogP contribution in [0.25, 0.3) is 0 Å². The summed E-state index contributed by atoms with van der Waals surface area (Å²) in [6, 6.07) is 4.43. The van der Waals surface area contributed by atoms with Crippen molar-refractivity contribution in [3.8, 4) is 0 Å². The minimum absolute atomic E-state index is 0.00449. The number of benzene rings is 1. The van der Waals surface area contributed by atoms with Gasteiger partial charge in [-0.15, -0.1) is 0 Å². The van der Waals surface area contributed by atoms with E-state index in [1.165, 1.54) is 21.9 Å². The van der Waals surface area contributed by atoms with Crippen LogP contribution in [0.4, 0.5) is 18.9 Å². The average Bonchev–Trinajstić information content (AvgIpc) is 2.88. The molecular formula is C13H11F3N2O2. The van der Waals surface area contributed by atoms with E-state index in [1.807, 2.05) is 0 Å². The summed E-state index contributed by atoms with van der Waals surface area (Å²) in [6.07, 6.45) is -3.87. The van der Waals surface area contributed by atoms with Gasteiger partial charge in [-0.2, -0.15) is 13.2 Å². The molecule has 0 aromatic heterocycles. The molecule has 0 saturated carbocycles. The highest BCUT2D eigenvalue weighted by atomic mass is 19.4. The normalized spacial score (nSPS) is 22.6. The molecule has 0 radical (unpaired) electrons. The highest BCUT2D eigenvalue weighted by Gasteiger charge is 2.45. The molecule has 106 valence electrons. The van der Waals surface area contributed by atoms with E-state index in [4.69, 9.17) is 0 Å². The molecule has 2 amide bonds. The van der Waals surface area contributed by atoms with Crippen molar-refractivity contribution in [3.63, 3.8) is 0 Å². The molecule has 1 atom stereocenters. The summed E-state index contributed by atoms with van der Waals surface area (Å²) in [5, 5.41) is 0. The summed E-state index contributed by atoms with van der Waals surface area (Å²) < 4.78 is 37.5. The molecule has 1 aromatic rings.